The zero-order valence-electron chi connectivity index (χ0n) is 14.4. The van der Waals surface area contributed by atoms with E-state index in [4.69, 9.17) is 9.47 Å². The van der Waals surface area contributed by atoms with Crippen LogP contribution in [0.15, 0.2) is 36.1 Å². The SMILES string of the molecule is CCOc1ccc(-c2ccc(C3CC=C(C)OC3)c(F)c2F)c(F)c1F. The molecule has 0 fully saturated rings. The van der Waals surface area contributed by atoms with Crippen molar-refractivity contribution in [3.05, 3.63) is 64.9 Å². The van der Waals surface area contributed by atoms with Gasteiger partial charge in [0.1, 0.15) is 0 Å². The summed E-state index contributed by atoms with van der Waals surface area (Å²) in [5.74, 6) is -4.65. The van der Waals surface area contributed by atoms with Crippen molar-refractivity contribution < 1.29 is 27.0 Å². The summed E-state index contributed by atoms with van der Waals surface area (Å²) in [5.41, 5.74) is -0.541. The normalized spacial score (nSPS) is 16.8. The van der Waals surface area contributed by atoms with Crippen LogP contribution in [-0.4, -0.2) is 13.2 Å². The molecule has 1 atom stereocenters. The van der Waals surface area contributed by atoms with E-state index in [2.05, 4.69) is 0 Å². The molecule has 2 nitrogen and oxygen atoms in total. The first-order valence-electron chi connectivity index (χ1n) is 8.32. The molecular weight excluding hydrogens is 348 g/mol. The van der Waals surface area contributed by atoms with Crippen molar-refractivity contribution in [3.63, 3.8) is 0 Å². The van der Waals surface area contributed by atoms with Crippen LogP contribution in [0.4, 0.5) is 17.6 Å². The van der Waals surface area contributed by atoms with Gasteiger partial charge in [0.15, 0.2) is 23.2 Å². The number of hydrogen-bond acceptors (Lipinski definition) is 2. The molecule has 0 spiro atoms. The van der Waals surface area contributed by atoms with Crippen LogP contribution in [0.1, 0.15) is 31.7 Å². The quantitative estimate of drug-likeness (QED) is 0.645. The van der Waals surface area contributed by atoms with Crippen molar-refractivity contribution in [2.45, 2.75) is 26.2 Å². The standard InChI is InChI=1S/C20H18F4O2/c1-3-25-16-9-8-15(19(23)20(16)24)14-7-6-13(17(21)18(14)22)12-5-4-11(2)26-10-12/h4,6-9,12H,3,5,10H2,1-2H3. The Morgan fingerprint density at radius 2 is 1.62 bits per heavy atom. The van der Waals surface area contributed by atoms with E-state index in [0.717, 1.165) is 5.76 Å². The van der Waals surface area contributed by atoms with Crippen molar-refractivity contribution in [1.29, 1.82) is 0 Å². The van der Waals surface area contributed by atoms with Crippen molar-refractivity contribution in [1.82, 2.24) is 0 Å². The van der Waals surface area contributed by atoms with Gasteiger partial charge in [0.2, 0.25) is 5.82 Å². The lowest BCUT2D eigenvalue weighted by Crippen LogP contribution is -2.14. The number of ether oxygens (including phenoxy) is 2. The summed E-state index contributed by atoms with van der Waals surface area (Å²) in [5, 5.41) is 0. The topological polar surface area (TPSA) is 18.5 Å². The highest BCUT2D eigenvalue weighted by molar-refractivity contribution is 5.66. The van der Waals surface area contributed by atoms with Gasteiger partial charge in [-0.3, -0.25) is 0 Å². The summed E-state index contributed by atoms with van der Waals surface area (Å²) in [6.45, 7) is 3.82. The van der Waals surface area contributed by atoms with E-state index < -0.39 is 23.3 Å². The van der Waals surface area contributed by atoms with Crippen LogP contribution < -0.4 is 4.74 Å². The maximum atomic E-state index is 14.6. The van der Waals surface area contributed by atoms with Gasteiger partial charge in [0.05, 0.1) is 19.0 Å². The molecular formula is C20H18F4O2. The van der Waals surface area contributed by atoms with Gasteiger partial charge < -0.3 is 9.47 Å². The summed E-state index contributed by atoms with van der Waals surface area (Å²) in [6.07, 6.45) is 2.33. The zero-order chi connectivity index (χ0) is 18.8. The average molecular weight is 366 g/mol. The number of halogens is 4. The highest BCUT2D eigenvalue weighted by Crippen LogP contribution is 2.36. The van der Waals surface area contributed by atoms with Gasteiger partial charge in [-0.15, -0.1) is 0 Å². The first-order valence-corrected chi connectivity index (χ1v) is 8.32. The number of hydrogen-bond donors (Lipinski definition) is 0. The fraction of sp³-hybridized carbons (Fsp3) is 0.300. The molecule has 2 aromatic carbocycles. The third kappa shape index (κ3) is 3.28. The molecule has 0 amide bonds. The number of rotatable bonds is 4. The smallest absolute Gasteiger partial charge is 0.201 e. The molecule has 26 heavy (non-hydrogen) atoms. The second-order valence-electron chi connectivity index (χ2n) is 6.06. The highest BCUT2D eigenvalue weighted by atomic mass is 19.2. The van der Waals surface area contributed by atoms with Crippen molar-refractivity contribution in [2.75, 3.05) is 13.2 Å². The molecule has 1 aliphatic heterocycles. The summed E-state index contributed by atoms with van der Waals surface area (Å²) < 4.78 is 67.8. The number of benzene rings is 2. The lowest BCUT2D eigenvalue weighted by Gasteiger charge is -2.23. The summed E-state index contributed by atoms with van der Waals surface area (Å²) >= 11 is 0. The molecule has 0 aliphatic carbocycles. The van der Waals surface area contributed by atoms with Crippen LogP contribution in [0, 0.1) is 23.3 Å². The molecule has 0 radical (unpaired) electrons. The summed E-state index contributed by atoms with van der Waals surface area (Å²) in [4.78, 5) is 0. The largest absolute Gasteiger partial charge is 0.498 e. The first-order chi connectivity index (χ1) is 12.4. The molecule has 6 heteroatoms. The second kappa shape index (κ2) is 7.40. The average Bonchev–Trinajstić information content (AvgIpc) is 2.63. The monoisotopic (exact) mass is 366 g/mol. The van der Waals surface area contributed by atoms with Gasteiger partial charge in [-0.1, -0.05) is 12.1 Å². The van der Waals surface area contributed by atoms with Gasteiger partial charge >= 0.3 is 0 Å². The predicted molar refractivity (Wildman–Crippen MR) is 89.9 cm³/mol. The molecule has 0 aromatic heterocycles. The minimum absolute atomic E-state index is 0.154. The summed E-state index contributed by atoms with van der Waals surface area (Å²) in [7, 11) is 0. The fourth-order valence-electron chi connectivity index (χ4n) is 2.98. The van der Waals surface area contributed by atoms with Gasteiger partial charge in [-0.2, -0.15) is 4.39 Å². The van der Waals surface area contributed by atoms with E-state index in [-0.39, 0.29) is 41.6 Å². The maximum absolute atomic E-state index is 14.6. The molecule has 1 aliphatic rings. The molecule has 0 N–H and O–H groups in total. The van der Waals surface area contributed by atoms with Gasteiger partial charge in [-0.25, -0.2) is 13.2 Å². The van der Waals surface area contributed by atoms with Crippen molar-refractivity contribution >= 4 is 0 Å². The summed E-state index contributed by atoms with van der Waals surface area (Å²) in [6, 6.07) is 5.03. The van der Waals surface area contributed by atoms with Crippen LogP contribution in [-0.2, 0) is 4.74 Å². The Bertz CT molecular complexity index is 861. The highest BCUT2D eigenvalue weighted by Gasteiger charge is 2.25. The first kappa shape index (κ1) is 18.3. The molecule has 0 saturated carbocycles. The molecule has 1 heterocycles. The minimum atomic E-state index is -1.28. The Kier molecular flexibility index (Phi) is 5.20. The van der Waals surface area contributed by atoms with E-state index in [1.54, 1.807) is 19.9 Å². The third-order valence-electron chi connectivity index (χ3n) is 4.39. The van der Waals surface area contributed by atoms with Crippen molar-refractivity contribution in [3.8, 4) is 16.9 Å². The molecule has 1 unspecified atom stereocenters. The molecule has 2 aromatic rings. The fourth-order valence-corrected chi connectivity index (χ4v) is 2.98. The lowest BCUT2D eigenvalue weighted by atomic mass is 9.92. The van der Waals surface area contributed by atoms with Crippen LogP contribution in [0.5, 0.6) is 5.75 Å². The van der Waals surface area contributed by atoms with Gasteiger partial charge in [0, 0.05) is 17.0 Å². The van der Waals surface area contributed by atoms with Crippen LogP contribution in [0.2, 0.25) is 0 Å². The van der Waals surface area contributed by atoms with Gasteiger partial charge in [0.25, 0.3) is 0 Å². The molecule has 138 valence electrons. The van der Waals surface area contributed by atoms with E-state index in [1.807, 2.05) is 0 Å². The van der Waals surface area contributed by atoms with Crippen LogP contribution in [0.25, 0.3) is 11.1 Å². The van der Waals surface area contributed by atoms with E-state index in [0.29, 0.717) is 6.42 Å². The Balaban J connectivity index is 2.00. The molecule has 3 rings (SSSR count). The Hall–Kier alpha value is -2.50. The predicted octanol–water partition coefficient (Wildman–Crippen LogP) is 5.72. The molecule has 0 saturated heterocycles. The zero-order valence-corrected chi connectivity index (χ0v) is 14.4. The van der Waals surface area contributed by atoms with Crippen LogP contribution in [0.3, 0.4) is 0 Å². The number of allylic oxidation sites excluding steroid dienone is 2. The third-order valence-corrected chi connectivity index (χ3v) is 4.39. The van der Waals surface area contributed by atoms with Gasteiger partial charge in [-0.05, 0) is 44.0 Å². The molecule has 0 bridgehead atoms. The van der Waals surface area contributed by atoms with E-state index in [1.165, 1.54) is 24.3 Å². The van der Waals surface area contributed by atoms with E-state index in [9.17, 15) is 17.6 Å². The Labute approximate surface area is 149 Å². The van der Waals surface area contributed by atoms with Crippen LogP contribution >= 0.6 is 0 Å². The van der Waals surface area contributed by atoms with Crippen molar-refractivity contribution in [2.24, 2.45) is 0 Å². The second-order valence-corrected chi connectivity index (χ2v) is 6.06. The minimum Gasteiger partial charge on any atom is -0.498 e. The Morgan fingerprint density at radius 3 is 2.23 bits per heavy atom. The Morgan fingerprint density at radius 1 is 0.962 bits per heavy atom. The maximum Gasteiger partial charge on any atom is 0.201 e. The lowest BCUT2D eigenvalue weighted by molar-refractivity contribution is 0.175. The van der Waals surface area contributed by atoms with E-state index >= 15 is 0 Å².